The van der Waals surface area contributed by atoms with Crippen molar-refractivity contribution in [2.45, 2.75) is 19.8 Å². The monoisotopic (exact) mass is 253 g/mol. The molecule has 2 heteroatoms. The van der Waals surface area contributed by atoms with E-state index in [9.17, 15) is 5.11 Å². The summed E-state index contributed by atoms with van der Waals surface area (Å²) in [6.45, 7) is 5.77. The molecule has 2 rings (SSSR count). The summed E-state index contributed by atoms with van der Waals surface area (Å²) in [6.07, 6.45) is 3.26. The molecule has 0 unspecified atom stereocenters. The van der Waals surface area contributed by atoms with E-state index in [1.54, 1.807) is 6.07 Å². The van der Waals surface area contributed by atoms with Gasteiger partial charge in [0.25, 0.3) is 0 Å². The van der Waals surface area contributed by atoms with E-state index in [2.05, 4.69) is 18.7 Å². The van der Waals surface area contributed by atoms with Gasteiger partial charge in [-0.2, -0.15) is 0 Å². The Kier molecular flexibility index (Phi) is 3.91. The lowest BCUT2D eigenvalue weighted by Gasteiger charge is -2.15. The lowest BCUT2D eigenvalue weighted by atomic mass is 9.92. The fourth-order valence-corrected chi connectivity index (χ4v) is 2.32. The highest BCUT2D eigenvalue weighted by Gasteiger charge is 2.13. The van der Waals surface area contributed by atoms with Gasteiger partial charge in [0, 0.05) is 23.7 Å². The number of hydrogen-bond donors (Lipinski definition) is 2. The second kappa shape index (κ2) is 5.61. The van der Waals surface area contributed by atoms with Gasteiger partial charge >= 0.3 is 0 Å². The minimum absolute atomic E-state index is 0.267. The van der Waals surface area contributed by atoms with Crippen molar-refractivity contribution < 1.29 is 5.11 Å². The van der Waals surface area contributed by atoms with E-state index in [1.807, 2.05) is 31.2 Å². The van der Waals surface area contributed by atoms with Crippen LogP contribution in [-0.4, -0.2) is 5.11 Å². The van der Waals surface area contributed by atoms with Crippen LogP contribution in [0.3, 0.4) is 0 Å². The third kappa shape index (κ3) is 2.79. The van der Waals surface area contributed by atoms with Gasteiger partial charge in [-0.05, 0) is 30.0 Å². The number of phenols is 1. The summed E-state index contributed by atoms with van der Waals surface area (Å²) in [7, 11) is 0. The number of benzene rings is 2. The molecule has 0 fully saturated rings. The maximum absolute atomic E-state index is 10.2. The van der Waals surface area contributed by atoms with Crippen LogP contribution in [0.4, 0.5) is 5.69 Å². The number of hydrogen-bond acceptors (Lipinski definition) is 2. The molecule has 19 heavy (non-hydrogen) atoms. The molecular weight excluding hydrogens is 234 g/mol. The quantitative estimate of drug-likeness (QED) is 0.646. The molecule has 0 saturated carbocycles. The van der Waals surface area contributed by atoms with Crippen molar-refractivity contribution in [1.29, 1.82) is 0 Å². The molecule has 98 valence electrons. The molecule has 2 nitrogen and oxygen atoms in total. The summed E-state index contributed by atoms with van der Waals surface area (Å²) >= 11 is 0. The summed E-state index contributed by atoms with van der Waals surface area (Å²) < 4.78 is 0. The number of aromatic hydroxyl groups is 1. The van der Waals surface area contributed by atoms with Gasteiger partial charge in [-0.15, -0.1) is 6.58 Å². The van der Waals surface area contributed by atoms with Crippen LogP contribution >= 0.6 is 0 Å². The second-order valence-electron chi connectivity index (χ2n) is 4.72. The van der Waals surface area contributed by atoms with E-state index in [-0.39, 0.29) is 5.75 Å². The lowest BCUT2D eigenvalue weighted by molar-refractivity contribution is 0.468. The highest BCUT2D eigenvalue weighted by Crippen LogP contribution is 2.31. The summed E-state index contributed by atoms with van der Waals surface area (Å²) in [5.41, 5.74) is 10.8. The van der Waals surface area contributed by atoms with Crippen LogP contribution in [0.2, 0.25) is 0 Å². The van der Waals surface area contributed by atoms with E-state index in [0.717, 1.165) is 16.7 Å². The number of phenolic OH excluding ortho intramolecular Hbond substituents is 1. The average molecular weight is 253 g/mol. The van der Waals surface area contributed by atoms with Crippen molar-refractivity contribution >= 4 is 5.69 Å². The number of nitrogens with two attached hydrogens (primary N) is 1. The predicted octanol–water partition coefficient (Wildman–Crippen LogP) is 3.60. The Morgan fingerprint density at radius 1 is 1.21 bits per heavy atom. The van der Waals surface area contributed by atoms with Gasteiger partial charge in [0.1, 0.15) is 5.75 Å². The van der Waals surface area contributed by atoms with Crippen molar-refractivity contribution in [2.75, 3.05) is 5.73 Å². The van der Waals surface area contributed by atoms with Crippen LogP contribution in [0.1, 0.15) is 22.3 Å². The molecule has 0 amide bonds. The van der Waals surface area contributed by atoms with Crippen LogP contribution in [0.15, 0.2) is 49.1 Å². The maximum Gasteiger partial charge on any atom is 0.121 e. The van der Waals surface area contributed by atoms with Crippen molar-refractivity contribution in [1.82, 2.24) is 0 Å². The molecule has 2 aromatic carbocycles. The number of rotatable bonds is 4. The summed E-state index contributed by atoms with van der Waals surface area (Å²) in [5, 5.41) is 10.2. The molecule has 0 aliphatic rings. The third-order valence-corrected chi connectivity index (χ3v) is 3.42. The molecule has 0 heterocycles. The van der Waals surface area contributed by atoms with Gasteiger partial charge in [-0.25, -0.2) is 0 Å². The van der Waals surface area contributed by atoms with Gasteiger partial charge in [-0.1, -0.05) is 36.4 Å². The Hall–Kier alpha value is -2.22. The molecule has 0 aromatic heterocycles. The zero-order valence-corrected chi connectivity index (χ0v) is 11.2. The lowest BCUT2D eigenvalue weighted by Crippen LogP contribution is -2.02. The first-order chi connectivity index (χ1) is 9.13. The molecule has 3 N–H and O–H groups in total. The summed E-state index contributed by atoms with van der Waals surface area (Å²) in [5.74, 6) is 0.267. The SMILES string of the molecule is C=CCc1c(C)c(N)cc(O)c1Cc1ccccc1. The third-order valence-electron chi connectivity index (χ3n) is 3.42. The Morgan fingerprint density at radius 2 is 1.89 bits per heavy atom. The van der Waals surface area contributed by atoms with Crippen molar-refractivity contribution in [3.63, 3.8) is 0 Å². The maximum atomic E-state index is 10.2. The molecule has 0 atom stereocenters. The molecule has 0 aliphatic carbocycles. The first-order valence-corrected chi connectivity index (χ1v) is 6.38. The zero-order chi connectivity index (χ0) is 13.8. The Bertz CT molecular complexity index is 588. The Morgan fingerprint density at radius 3 is 2.53 bits per heavy atom. The number of nitrogen functional groups attached to an aromatic ring is 1. The van der Waals surface area contributed by atoms with Gasteiger partial charge < -0.3 is 10.8 Å². The Balaban J connectivity index is 2.49. The average Bonchev–Trinajstić information content (AvgIpc) is 2.41. The Labute approximate surface area is 114 Å². The number of allylic oxidation sites excluding steroid dienone is 1. The molecule has 0 saturated heterocycles. The number of anilines is 1. The van der Waals surface area contributed by atoms with Crippen LogP contribution < -0.4 is 5.73 Å². The first-order valence-electron chi connectivity index (χ1n) is 6.38. The molecule has 0 aliphatic heterocycles. The van der Waals surface area contributed by atoms with Crippen LogP contribution in [0, 0.1) is 6.92 Å². The second-order valence-corrected chi connectivity index (χ2v) is 4.72. The van der Waals surface area contributed by atoms with E-state index in [4.69, 9.17) is 5.73 Å². The molecule has 0 spiro atoms. The molecule has 0 bridgehead atoms. The minimum Gasteiger partial charge on any atom is -0.508 e. The normalized spacial score (nSPS) is 10.4. The minimum atomic E-state index is 0.267. The van der Waals surface area contributed by atoms with E-state index in [0.29, 0.717) is 18.5 Å². The molecule has 0 radical (unpaired) electrons. The van der Waals surface area contributed by atoms with Crippen LogP contribution in [0.5, 0.6) is 5.75 Å². The standard InChI is InChI=1S/C17H19NO/c1-3-7-14-12(2)16(18)11-17(19)15(14)10-13-8-5-4-6-9-13/h3-6,8-9,11,19H,1,7,10,18H2,2H3. The smallest absolute Gasteiger partial charge is 0.121 e. The fourth-order valence-electron chi connectivity index (χ4n) is 2.32. The first kappa shape index (κ1) is 13.2. The van der Waals surface area contributed by atoms with Crippen molar-refractivity contribution in [3.05, 3.63) is 71.3 Å². The van der Waals surface area contributed by atoms with E-state index < -0.39 is 0 Å². The highest BCUT2D eigenvalue weighted by molar-refractivity contribution is 5.60. The van der Waals surface area contributed by atoms with Crippen molar-refractivity contribution in [3.8, 4) is 5.75 Å². The summed E-state index contributed by atoms with van der Waals surface area (Å²) in [4.78, 5) is 0. The summed E-state index contributed by atoms with van der Waals surface area (Å²) in [6, 6.07) is 11.8. The zero-order valence-electron chi connectivity index (χ0n) is 11.2. The van der Waals surface area contributed by atoms with Crippen LogP contribution in [-0.2, 0) is 12.8 Å². The van der Waals surface area contributed by atoms with Gasteiger partial charge in [0.05, 0.1) is 0 Å². The molecular formula is C17H19NO. The largest absolute Gasteiger partial charge is 0.508 e. The molecule has 2 aromatic rings. The predicted molar refractivity (Wildman–Crippen MR) is 80.4 cm³/mol. The van der Waals surface area contributed by atoms with Gasteiger partial charge in [0.2, 0.25) is 0 Å². The van der Waals surface area contributed by atoms with Gasteiger partial charge in [-0.3, -0.25) is 0 Å². The fraction of sp³-hybridized carbons (Fsp3) is 0.176. The topological polar surface area (TPSA) is 46.2 Å². The van der Waals surface area contributed by atoms with Crippen LogP contribution in [0.25, 0.3) is 0 Å². The van der Waals surface area contributed by atoms with E-state index in [1.165, 1.54) is 5.56 Å². The van der Waals surface area contributed by atoms with Gasteiger partial charge in [0.15, 0.2) is 0 Å². The van der Waals surface area contributed by atoms with Crippen molar-refractivity contribution in [2.24, 2.45) is 0 Å². The highest BCUT2D eigenvalue weighted by atomic mass is 16.3. The van der Waals surface area contributed by atoms with E-state index >= 15 is 0 Å².